The molecule has 0 spiro atoms. The van der Waals surface area contributed by atoms with Crippen LogP contribution in [0.2, 0.25) is 0 Å². The van der Waals surface area contributed by atoms with E-state index in [2.05, 4.69) is 0 Å². The van der Waals surface area contributed by atoms with Crippen LogP contribution in [-0.2, 0) is 25.5 Å². The molecule has 1 atom stereocenters. The molecule has 1 fully saturated rings. The highest BCUT2D eigenvalue weighted by molar-refractivity contribution is 6.01. The number of benzene rings is 1. The van der Waals surface area contributed by atoms with Crippen LogP contribution in [-0.4, -0.2) is 28.7 Å². The third kappa shape index (κ3) is 3.72. The lowest BCUT2D eigenvalue weighted by Gasteiger charge is -2.40. The first kappa shape index (κ1) is 17.9. The van der Waals surface area contributed by atoms with Crippen molar-refractivity contribution >= 4 is 11.9 Å². The number of esters is 2. The Morgan fingerprint density at radius 2 is 1.67 bits per heavy atom. The number of rotatable bonds is 6. The smallest absolute Gasteiger partial charge is 0.327 e. The van der Waals surface area contributed by atoms with Gasteiger partial charge in [-0.2, -0.15) is 0 Å². The second kappa shape index (κ2) is 6.59. The van der Waals surface area contributed by atoms with Gasteiger partial charge in [-0.1, -0.05) is 30.3 Å². The number of hydrogen-bond acceptors (Lipinski definition) is 6. The number of aryl methyl sites for hydroxylation is 1. The summed E-state index contributed by atoms with van der Waals surface area (Å²) in [6, 6.07) is 8.23. The molecule has 2 rings (SSSR count). The molecule has 0 unspecified atom stereocenters. The van der Waals surface area contributed by atoms with Gasteiger partial charge in [-0.25, -0.2) is 0 Å². The molecule has 0 aliphatic carbocycles. The van der Waals surface area contributed by atoms with E-state index in [-0.39, 0.29) is 12.8 Å². The van der Waals surface area contributed by atoms with Gasteiger partial charge in [0.1, 0.15) is 0 Å². The molecule has 7 nitrogen and oxygen atoms in total. The zero-order valence-electron chi connectivity index (χ0n) is 14.0. The minimum absolute atomic E-state index is 0.100. The molecule has 1 aliphatic rings. The Balaban J connectivity index is 2.29. The highest BCUT2D eigenvalue weighted by atomic mass is 16.7. The number of carbonyl (C=O) groups is 2. The van der Waals surface area contributed by atoms with E-state index in [1.165, 1.54) is 20.8 Å². The molecule has 0 aromatic heterocycles. The Kier molecular flexibility index (Phi) is 4.91. The molecule has 24 heavy (non-hydrogen) atoms. The molecule has 0 saturated carbocycles. The summed E-state index contributed by atoms with van der Waals surface area (Å²) in [5, 5.41) is 11.0. The highest BCUT2D eigenvalue weighted by Gasteiger charge is 2.57. The zero-order chi connectivity index (χ0) is 18.0. The van der Waals surface area contributed by atoms with Crippen LogP contribution in [0.3, 0.4) is 0 Å². The Bertz CT molecular complexity index is 620. The monoisotopic (exact) mass is 335 g/mol. The van der Waals surface area contributed by atoms with E-state index in [1.807, 2.05) is 30.3 Å². The minimum atomic E-state index is -1.65. The Morgan fingerprint density at radius 3 is 2.17 bits per heavy atom. The zero-order valence-corrected chi connectivity index (χ0v) is 14.0. The van der Waals surface area contributed by atoms with Crippen molar-refractivity contribution in [1.82, 2.24) is 0 Å². The Morgan fingerprint density at radius 1 is 1.12 bits per heavy atom. The van der Waals surface area contributed by atoms with Crippen molar-refractivity contribution in [2.24, 2.45) is 5.41 Å². The minimum Gasteiger partial charge on any atom is -0.422 e. The number of hydrogen-bond donors (Lipinski definition) is 0. The lowest BCUT2D eigenvalue weighted by molar-refractivity contribution is -0.521. The first-order chi connectivity index (χ1) is 11.2. The molecule has 0 bridgehead atoms. The van der Waals surface area contributed by atoms with E-state index in [0.29, 0.717) is 6.42 Å². The lowest BCUT2D eigenvalue weighted by Crippen LogP contribution is -2.55. The molecule has 130 valence electrons. The van der Waals surface area contributed by atoms with Crippen LogP contribution < -0.4 is 0 Å². The van der Waals surface area contributed by atoms with Gasteiger partial charge in [-0.15, -0.1) is 0 Å². The summed E-state index contributed by atoms with van der Waals surface area (Å²) in [5.74, 6) is -2.87. The first-order valence-electron chi connectivity index (χ1n) is 7.81. The fraction of sp³-hybridized carbons (Fsp3) is 0.529. The second-order valence-corrected chi connectivity index (χ2v) is 6.59. The van der Waals surface area contributed by atoms with Crippen LogP contribution in [0.25, 0.3) is 0 Å². The van der Waals surface area contributed by atoms with Crippen LogP contribution in [0.1, 0.15) is 39.2 Å². The summed E-state index contributed by atoms with van der Waals surface area (Å²) >= 11 is 0. The predicted octanol–water partition coefficient (Wildman–Crippen LogP) is 2.50. The van der Waals surface area contributed by atoms with Gasteiger partial charge in [0.05, 0.1) is 0 Å². The Labute approximate surface area is 140 Å². The van der Waals surface area contributed by atoms with Crippen molar-refractivity contribution in [3.8, 4) is 0 Å². The van der Waals surface area contributed by atoms with Gasteiger partial charge >= 0.3 is 11.9 Å². The highest BCUT2D eigenvalue weighted by Crippen LogP contribution is 2.40. The molecular formula is C17H21NO6. The number of cyclic esters (lactones) is 2. The van der Waals surface area contributed by atoms with E-state index in [0.717, 1.165) is 5.56 Å². The number of carbonyl (C=O) groups excluding carboxylic acids is 2. The largest absolute Gasteiger partial charge is 0.422 e. The van der Waals surface area contributed by atoms with E-state index in [4.69, 9.17) is 9.47 Å². The number of ether oxygens (including phenoxy) is 2. The van der Waals surface area contributed by atoms with Crippen LogP contribution in [0.15, 0.2) is 30.3 Å². The number of nitrogens with zero attached hydrogens (tertiary/aromatic N) is 1. The molecule has 0 N–H and O–H groups in total. The fourth-order valence-corrected chi connectivity index (χ4v) is 2.80. The third-order valence-corrected chi connectivity index (χ3v) is 4.15. The first-order valence-corrected chi connectivity index (χ1v) is 7.81. The third-order valence-electron chi connectivity index (χ3n) is 4.15. The molecule has 1 saturated heterocycles. The van der Waals surface area contributed by atoms with Crippen LogP contribution >= 0.6 is 0 Å². The maximum absolute atomic E-state index is 12.6. The van der Waals surface area contributed by atoms with E-state index in [9.17, 15) is 19.7 Å². The van der Waals surface area contributed by atoms with E-state index < -0.39 is 34.1 Å². The Hall–Kier alpha value is -2.44. The quantitative estimate of drug-likeness (QED) is 0.343. The van der Waals surface area contributed by atoms with Crippen molar-refractivity contribution in [2.75, 3.05) is 0 Å². The molecular weight excluding hydrogens is 314 g/mol. The van der Waals surface area contributed by atoms with Crippen molar-refractivity contribution in [3.05, 3.63) is 46.0 Å². The molecule has 1 heterocycles. The average Bonchev–Trinajstić information content (AvgIpc) is 2.49. The summed E-state index contributed by atoms with van der Waals surface area (Å²) in [6.45, 7) is 4.28. The van der Waals surface area contributed by atoms with Crippen molar-refractivity contribution in [3.63, 3.8) is 0 Å². The standard InChI is InChI=1S/C17H21NO6/c1-12(18(21)22)11-17(10-9-13-7-5-4-6-8-13)14(19)23-16(2,3)24-15(17)20/h4-8,12H,9-11H2,1-3H3/t12-/m0/s1. The van der Waals surface area contributed by atoms with Crippen molar-refractivity contribution in [1.29, 1.82) is 0 Å². The maximum atomic E-state index is 12.6. The van der Waals surface area contributed by atoms with E-state index >= 15 is 0 Å². The van der Waals surface area contributed by atoms with Crippen molar-refractivity contribution in [2.45, 2.75) is 51.9 Å². The van der Waals surface area contributed by atoms with Crippen LogP contribution in [0.5, 0.6) is 0 Å². The lowest BCUT2D eigenvalue weighted by atomic mass is 9.76. The summed E-state index contributed by atoms with van der Waals surface area (Å²) < 4.78 is 10.4. The van der Waals surface area contributed by atoms with Gasteiger partial charge in [-0.3, -0.25) is 19.7 Å². The van der Waals surface area contributed by atoms with E-state index in [1.54, 1.807) is 0 Å². The molecule has 7 heteroatoms. The molecule has 0 radical (unpaired) electrons. The van der Waals surface area contributed by atoms with Gasteiger partial charge in [-0.05, 0) is 18.4 Å². The summed E-state index contributed by atoms with van der Waals surface area (Å²) in [5.41, 5.74) is -0.728. The van der Waals surface area contributed by atoms with Gasteiger partial charge in [0.25, 0.3) is 5.79 Å². The average molecular weight is 335 g/mol. The number of nitro groups is 1. The second-order valence-electron chi connectivity index (χ2n) is 6.59. The normalized spacial score (nSPS) is 20.0. The molecule has 1 aromatic carbocycles. The maximum Gasteiger partial charge on any atom is 0.327 e. The van der Waals surface area contributed by atoms with Crippen LogP contribution in [0.4, 0.5) is 0 Å². The SMILES string of the molecule is C[C@@H](CC1(CCc2ccccc2)C(=O)OC(C)(C)OC1=O)[N+](=O)[O-]. The fourth-order valence-electron chi connectivity index (χ4n) is 2.80. The molecule has 0 amide bonds. The summed E-state index contributed by atoms with van der Waals surface area (Å²) in [4.78, 5) is 35.7. The molecule has 1 aliphatic heterocycles. The van der Waals surface area contributed by atoms with Gasteiger partial charge in [0.15, 0.2) is 5.41 Å². The summed E-state index contributed by atoms with van der Waals surface area (Å²) in [6.07, 6.45) is 0.263. The van der Waals surface area contributed by atoms with Crippen LogP contribution in [0, 0.1) is 15.5 Å². The molecule has 1 aromatic rings. The summed E-state index contributed by atoms with van der Waals surface area (Å²) in [7, 11) is 0. The van der Waals surface area contributed by atoms with Crippen molar-refractivity contribution < 1.29 is 24.0 Å². The predicted molar refractivity (Wildman–Crippen MR) is 84.5 cm³/mol. The topological polar surface area (TPSA) is 95.7 Å². The van der Waals surface area contributed by atoms with Gasteiger partial charge < -0.3 is 9.47 Å². The van der Waals surface area contributed by atoms with Gasteiger partial charge in [0, 0.05) is 32.1 Å². The van der Waals surface area contributed by atoms with Gasteiger partial charge in [0.2, 0.25) is 6.04 Å².